The Morgan fingerprint density at radius 2 is 1.44 bits per heavy atom. The second-order valence-electron chi connectivity index (χ2n) is 7.71. The van der Waals surface area contributed by atoms with Crippen LogP contribution < -0.4 is 0 Å². The molecule has 0 aliphatic carbocycles. The normalized spacial score (nSPS) is 11.9. The van der Waals surface area contributed by atoms with E-state index in [1.54, 1.807) is 0 Å². The summed E-state index contributed by atoms with van der Waals surface area (Å²) in [6, 6.07) is 25.0. The molecule has 0 spiro atoms. The Morgan fingerprint density at radius 3 is 2.33 bits per heavy atom. The first-order chi connectivity index (χ1) is 13.3. The van der Waals surface area contributed by atoms with E-state index in [9.17, 15) is 0 Å². The van der Waals surface area contributed by atoms with Crippen molar-refractivity contribution in [2.75, 3.05) is 0 Å². The summed E-state index contributed by atoms with van der Waals surface area (Å²) in [4.78, 5) is 0. The number of unbranched alkanes of at least 4 members (excludes halogenated alkanes) is 2. The van der Waals surface area contributed by atoms with Crippen molar-refractivity contribution in [3.8, 4) is 0 Å². The second kappa shape index (κ2) is 6.42. The number of aromatic nitrogens is 1. The lowest BCUT2D eigenvalue weighted by molar-refractivity contribution is 0.718. The summed E-state index contributed by atoms with van der Waals surface area (Å²) in [5.41, 5.74) is 4.09. The summed E-state index contributed by atoms with van der Waals surface area (Å²) in [5.74, 6) is 0. The SMILES string of the molecule is CCCCCc1ccc2c(ccc3c2ccc2c4ccccc4n(C)c32)c1. The summed E-state index contributed by atoms with van der Waals surface area (Å²) in [7, 11) is 2.19. The van der Waals surface area contributed by atoms with Crippen LogP contribution in [-0.2, 0) is 13.5 Å². The average Bonchev–Trinajstić information content (AvgIpc) is 3.01. The van der Waals surface area contributed by atoms with Crippen molar-refractivity contribution >= 4 is 43.4 Å². The van der Waals surface area contributed by atoms with E-state index in [-0.39, 0.29) is 0 Å². The minimum Gasteiger partial charge on any atom is -0.343 e. The molecule has 0 atom stereocenters. The fourth-order valence-corrected chi connectivity index (χ4v) is 4.61. The highest BCUT2D eigenvalue weighted by Crippen LogP contribution is 2.36. The van der Waals surface area contributed by atoms with Crippen molar-refractivity contribution in [1.29, 1.82) is 0 Å². The van der Waals surface area contributed by atoms with E-state index in [1.165, 1.54) is 74.6 Å². The average molecular weight is 351 g/mol. The second-order valence-corrected chi connectivity index (χ2v) is 7.71. The molecule has 134 valence electrons. The lowest BCUT2D eigenvalue weighted by Gasteiger charge is -2.09. The van der Waals surface area contributed by atoms with Crippen molar-refractivity contribution in [3.05, 3.63) is 72.3 Å². The zero-order chi connectivity index (χ0) is 18.4. The van der Waals surface area contributed by atoms with Gasteiger partial charge in [0, 0.05) is 28.7 Å². The molecule has 0 N–H and O–H groups in total. The maximum Gasteiger partial charge on any atom is 0.0568 e. The largest absolute Gasteiger partial charge is 0.343 e. The van der Waals surface area contributed by atoms with Gasteiger partial charge in [-0.3, -0.25) is 0 Å². The van der Waals surface area contributed by atoms with Crippen LogP contribution in [0.25, 0.3) is 43.4 Å². The molecule has 0 amide bonds. The van der Waals surface area contributed by atoms with Crippen molar-refractivity contribution in [3.63, 3.8) is 0 Å². The monoisotopic (exact) mass is 351 g/mol. The Hall–Kier alpha value is -2.80. The number of para-hydroxylation sites is 1. The third kappa shape index (κ3) is 2.53. The number of rotatable bonds is 4. The van der Waals surface area contributed by atoms with Crippen LogP contribution >= 0.6 is 0 Å². The molecule has 1 nitrogen and oxygen atoms in total. The topological polar surface area (TPSA) is 4.93 Å². The Labute approximate surface area is 160 Å². The molecule has 0 fully saturated rings. The summed E-state index contributed by atoms with van der Waals surface area (Å²) in [6.45, 7) is 2.26. The molecule has 0 saturated heterocycles. The quantitative estimate of drug-likeness (QED) is 0.235. The van der Waals surface area contributed by atoms with Gasteiger partial charge in [-0.2, -0.15) is 0 Å². The highest BCUT2D eigenvalue weighted by Gasteiger charge is 2.12. The van der Waals surface area contributed by atoms with E-state index in [0.29, 0.717) is 0 Å². The van der Waals surface area contributed by atoms with Crippen molar-refractivity contribution < 1.29 is 0 Å². The summed E-state index contributed by atoms with van der Waals surface area (Å²) in [5, 5.41) is 8.09. The van der Waals surface area contributed by atoms with Gasteiger partial charge in [-0.05, 0) is 40.6 Å². The van der Waals surface area contributed by atoms with Gasteiger partial charge in [-0.15, -0.1) is 0 Å². The molecular weight excluding hydrogens is 326 g/mol. The smallest absolute Gasteiger partial charge is 0.0568 e. The molecule has 0 aliphatic heterocycles. The van der Waals surface area contributed by atoms with E-state index in [4.69, 9.17) is 0 Å². The van der Waals surface area contributed by atoms with Gasteiger partial charge in [0.2, 0.25) is 0 Å². The Kier molecular flexibility index (Phi) is 3.89. The Balaban J connectivity index is 1.75. The molecule has 1 heteroatoms. The number of aryl methyl sites for hydroxylation is 2. The van der Waals surface area contributed by atoms with Crippen LogP contribution in [0.15, 0.2) is 66.7 Å². The standard InChI is InChI=1S/C26H25N/c1-3-4-5-8-18-11-13-20-19(17-18)12-14-23-21(20)15-16-24-22-9-6-7-10-25(22)27(2)26(23)24/h6-7,9-17H,3-5,8H2,1-2H3. The Bertz CT molecular complexity index is 1290. The van der Waals surface area contributed by atoms with E-state index in [2.05, 4.69) is 85.3 Å². The van der Waals surface area contributed by atoms with Crippen molar-refractivity contribution in [1.82, 2.24) is 4.57 Å². The van der Waals surface area contributed by atoms with Crippen molar-refractivity contribution in [2.45, 2.75) is 32.6 Å². The van der Waals surface area contributed by atoms with Gasteiger partial charge in [-0.1, -0.05) is 80.4 Å². The lowest BCUT2D eigenvalue weighted by atomic mass is 9.97. The maximum atomic E-state index is 2.39. The molecule has 0 radical (unpaired) electrons. The molecule has 0 saturated carbocycles. The van der Waals surface area contributed by atoms with Gasteiger partial charge in [0.1, 0.15) is 0 Å². The van der Waals surface area contributed by atoms with E-state index < -0.39 is 0 Å². The Morgan fingerprint density at radius 1 is 0.704 bits per heavy atom. The zero-order valence-corrected chi connectivity index (χ0v) is 16.1. The first-order valence-electron chi connectivity index (χ1n) is 10.1. The third-order valence-corrected chi connectivity index (χ3v) is 6.01. The summed E-state index contributed by atoms with van der Waals surface area (Å²) >= 11 is 0. The van der Waals surface area contributed by atoms with E-state index in [1.807, 2.05) is 0 Å². The molecule has 0 unspecified atom stereocenters. The van der Waals surface area contributed by atoms with Crippen molar-refractivity contribution in [2.24, 2.45) is 7.05 Å². The first kappa shape index (κ1) is 16.4. The number of benzene rings is 4. The summed E-state index contributed by atoms with van der Waals surface area (Å²) in [6.07, 6.45) is 5.06. The molecule has 27 heavy (non-hydrogen) atoms. The third-order valence-electron chi connectivity index (χ3n) is 6.01. The molecule has 5 aromatic rings. The molecule has 1 aromatic heterocycles. The van der Waals surface area contributed by atoms with Crippen LogP contribution in [0.4, 0.5) is 0 Å². The predicted molar refractivity (Wildman–Crippen MR) is 119 cm³/mol. The first-order valence-corrected chi connectivity index (χ1v) is 10.1. The van der Waals surface area contributed by atoms with Crippen LogP contribution in [0.5, 0.6) is 0 Å². The molecule has 0 aliphatic rings. The van der Waals surface area contributed by atoms with Gasteiger partial charge < -0.3 is 4.57 Å². The van der Waals surface area contributed by atoms with Gasteiger partial charge in [-0.25, -0.2) is 0 Å². The number of hydrogen-bond acceptors (Lipinski definition) is 0. The van der Waals surface area contributed by atoms with Gasteiger partial charge in [0.15, 0.2) is 0 Å². The van der Waals surface area contributed by atoms with Crippen LogP contribution in [0.1, 0.15) is 31.7 Å². The number of hydrogen-bond donors (Lipinski definition) is 0. The minimum atomic E-state index is 1.18. The highest BCUT2D eigenvalue weighted by atomic mass is 14.9. The van der Waals surface area contributed by atoms with Crippen LogP contribution in [0, 0.1) is 0 Å². The molecule has 1 heterocycles. The zero-order valence-electron chi connectivity index (χ0n) is 16.1. The predicted octanol–water partition coefficient (Wildman–Crippen LogP) is 7.37. The number of fused-ring (bicyclic) bond motifs is 7. The van der Waals surface area contributed by atoms with E-state index >= 15 is 0 Å². The fraction of sp³-hybridized carbons (Fsp3) is 0.231. The minimum absolute atomic E-state index is 1.18. The van der Waals surface area contributed by atoms with Crippen LogP contribution in [0.2, 0.25) is 0 Å². The van der Waals surface area contributed by atoms with Crippen LogP contribution in [-0.4, -0.2) is 4.57 Å². The molecule has 5 rings (SSSR count). The van der Waals surface area contributed by atoms with Gasteiger partial charge in [0.05, 0.1) is 5.52 Å². The number of nitrogens with zero attached hydrogens (tertiary/aromatic N) is 1. The molecular formula is C26H25N. The molecule has 4 aromatic carbocycles. The molecule has 0 bridgehead atoms. The summed E-state index contributed by atoms with van der Waals surface area (Å²) < 4.78 is 2.35. The van der Waals surface area contributed by atoms with Crippen LogP contribution in [0.3, 0.4) is 0 Å². The highest BCUT2D eigenvalue weighted by molar-refractivity contribution is 6.22. The lowest BCUT2D eigenvalue weighted by Crippen LogP contribution is -1.89. The maximum absolute atomic E-state index is 2.39. The van der Waals surface area contributed by atoms with Gasteiger partial charge in [0.25, 0.3) is 0 Å². The van der Waals surface area contributed by atoms with Gasteiger partial charge >= 0.3 is 0 Å². The van der Waals surface area contributed by atoms with E-state index in [0.717, 1.165) is 0 Å². The fourth-order valence-electron chi connectivity index (χ4n) is 4.61.